The van der Waals surface area contributed by atoms with E-state index in [0.717, 1.165) is 53.6 Å². The Hall–Kier alpha value is -3.62. The van der Waals surface area contributed by atoms with Crippen molar-refractivity contribution in [1.82, 2.24) is 19.9 Å². The number of rotatable bonds is 18. The molecule has 1 unspecified atom stereocenters. The van der Waals surface area contributed by atoms with Gasteiger partial charge in [-0.3, -0.25) is 19.4 Å². The third-order valence-electron chi connectivity index (χ3n) is 13.7. The summed E-state index contributed by atoms with van der Waals surface area (Å²) in [6.07, 6.45) is 6.54. The van der Waals surface area contributed by atoms with Gasteiger partial charge in [0.2, 0.25) is 0 Å². The minimum Gasteiger partial charge on any atom is -0.444 e. The molecule has 24 heteroatoms. The molecule has 4 aliphatic heterocycles. The van der Waals surface area contributed by atoms with Crippen LogP contribution in [0.3, 0.4) is 0 Å². The number of hydrogen-bond acceptors (Lipinski definition) is 10. The molecule has 8 rings (SSSR count). The second kappa shape index (κ2) is 22.9. The van der Waals surface area contributed by atoms with Crippen LogP contribution in [0.25, 0.3) is 22.3 Å². The van der Waals surface area contributed by atoms with Crippen molar-refractivity contribution in [3.63, 3.8) is 0 Å². The Kier molecular flexibility index (Phi) is 18.1. The first-order valence-corrected chi connectivity index (χ1v) is 38.4. The van der Waals surface area contributed by atoms with E-state index in [9.17, 15) is 23.2 Å². The van der Waals surface area contributed by atoms with Gasteiger partial charge in [-0.15, -0.1) is 0 Å². The number of fused-ring (bicyclic) bond motifs is 5. The first-order valence-electron chi connectivity index (χ1n) is 25.8. The van der Waals surface area contributed by atoms with Crippen LogP contribution in [0, 0.1) is 0 Å². The molecule has 4 aliphatic rings. The molecule has 6 heterocycles. The highest BCUT2D eigenvalue weighted by Crippen LogP contribution is 2.52. The lowest BCUT2D eigenvalue weighted by atomic mass is 9.97. The summed E-state index contributed by atoms with van der Waals surface area (Å²) in [6, 6.07) is 9.19. The topological polar surface area (TPSA) is 141 Å². The molecule has 1 N–H and O–H groups in total. The van der Waals surface area contributed by atoms with Crippen molar-refractivity contribution in [2.24, 2.45) is 0 Å². The average molecular weight is 1220 g/mol. The van der Waals surface area contributed by atoms with E-state index in [1.807, 2.05) is 25.3 Å². The number of alkyl halides is 4. The number of carbonyl (C=O) groups excluding carboxylic acids is 3. The number of carbonyl (C=O) groups is 3. The van der Waals surface area contributed by atoms with E-state index in [0.29, 0.717) is 52.4 Å². The van der Waals surface area contributed by atoms with Gasteiger partial charge in [0.05, 0.1) is 38.7 Å². The molecule has 418 valence electrons. The van der Waals surface area contributed by atoms with Gasteiger partial charge in [-0.05, 0) is 98.7 Å². The van der Waals surface area contributed by atoms with E-state index in [1.54, 1.807) is 24.5 Å². The SMILES string of the molecule is CC(C)(C)OC(=O)NC1C[C@H]2CC[C@@H](C1)N2c1cnc2c(-c3ccc4c(c3Cl)C(F)(F)C(=O)N4COCC[Si](C)(C)C)cn(COCC[Si](C)(C)C)c2n1.C[Si](C)(C)CCOCN1C(=O)C(F)(F)c2c1ccc(Br)c2Cl. The summed E-state index contributed by atoms with van der Waals surface area (Å²) in [5, 5.41) is 2.71. The third kappa shape index (κ3) is 13.7. The summed E-state index contributed by atoms with van der Waals surface area (Å²) in [7, 11) is -4.04. The van der Waals surface area contributed by atoms with Crippen LogP contribution in [0.5, 0.6) is 0 Å². The van der Waals surface area contributed by atoms with E-state index >= 15 is 8.78 Å². The first-order chi connectivity index (χ1) is 35.2. The van der Waals surface area contributed by atoms with E-state index in [1.165, 1.54) is 12.1 Å². The zero-order chi connectivity index (χ0) is 56.1. The Morgan fingerprint density at radius 3 is 1.70 bits per heavy atom. The number of halogens is 7. The molecule has 2 bridgehead atoms. The van der Waals surface area contributed by atoms with Gasteiger partial charge in [0.1, 0.15) is 37.1 Å². The molecule has 2 fully saturated rings. The molecule has 0 radical (unpaired) electrons. The maximum atomic E-state index is 15.8. The van der Waals surface area contributed by atoms with E-state index < -0.39 is 70.7 Å². The maximum absolute atomic E-state index is 15.8. The van der Waals surface area contributed by atoms with Gasteiger partial charge in [-0.25, -0.2) is 14.8 Å². The zero-order valence-corrected chi connectivity index (χ0v) is 51.7. The highest BCUT2D eigenvalue weighted by atomic mass is 79.9. The minimum absolute atomic E-state index is 0.0138. The fourth-order valence-electron chi connectivity index (χ4n) is 9.60. The van der Waals surface area contributed by atoms with Crippen LogP contribution in [0.4, 0.5) is 39.5 Å². The molecule has 2 aromatic heterocycles. The van der Waals surface area contributed by atoms with Crippen molar-refractivity contribution < 1.29 is 50.9 Å². The molecule has 3 atom stereocenters. The summed E-state index contributed by atoms with van der Waals surface area (Å²) in [5.41, 5.74) is 0.455. The van der Waals surface area contributed by atoms with Gasteiger partial charge in [-0.1, -0.05) is 88.2 Å². The number of ether oxygens (including phenoxy) is 4. The summed E-state index contributed by atoms with van der Waals surface area (Å²) in [6.45, 7) is 26.7. The lowest BCUT2D eigenvalue weighted by Crippen LogP contribution is -2.51. The number of piperidine rings is 1. The Bertz CT molecular complexity index is 2810. The number of alkyl carbamates (subject to hydrolysis) is 1. The van der Waals surface area contributed by atoms with Gasteiger partial charge in [0.25, 0.3) is 0 Å². The third-order valence-corrected chi connectivity index (χ3v) is 20.4. The first kappa shape index (κ1) is 60.0. The van der Waals surface area contributed by atoms with Crippen LogP contribution in [0.1, 0.15) is 57.6 Å². The van der Waals surface area contributed by atoms with Crippen molar-refractivity contribution in [3.05, 3.63) is 62.3 Å². The van der Waals surface area contributed by atoms with Crippen LogP contribution in [-0.2, 0) is 47.1 Å². The largest absolute Gasteiger partial charge is 0.444 e. The minimum atomic E-state index is -3.83. The van der Waals surface area contributed by atoms with Crippen LogP contribution >= 0.6 is 39.1 Å². The van der Waals surface area contributed by atoms with Gasteiger partial charge in [0.15, 0.2) is 5.65 Å². The Labute approximate surface area is 465 Å². The van der Waals surface area contributed by atoms with Crippen molar-refractivity contribution in [3.8, 4) is 11.1 Å². The smallest absolute Gasteiger partial charge is 0.407 e. The standard InChI is InChI=1S/C38H55ClF2N6O5Si2.C14H17BrClF2NO2Si/c1-37(2,3)52-36(49)43-24-18-25-10-11-26(19-24)47(25)30-20-42-33-28(21-45(34(33)44-30)22-50-14-16-53(4,5)6)27-12-13-29-31(32(27)39)38(40,41)35(48)46(29)23-51-15-17-54(7,8)9;1-22(2,3)7-6-21-8-19-10-5-4-9(15)12(16)11(10)14(17,18)13(19)20/h12-13,20-21,24-26H,10-11,14-19,22-23H2,1-9H3,(H,43,49);4-5H,6-8H2,1-3H3/t24?,25-,26+;. The molecule has 4 aromatic rings. The quantitative estimate of drug-likeness (QED) is 0.0581. The van der Waals surface area contributed by atoms with E-state index in [-0.39, 0.29) is 59.7 Å². The van der Waals surface area contributed by atoms with Crippen molar-refractivity contribution in [2.45, 2.75) is 166 Å². The number of benzene rings is 2. The lowest BCUT2D eigenvalue weighted by molar-refractivity contribution is -0.143. The fraction of sp³-hybridized carbons (Fsp3) is 0.596. The molecule has 14 nitrogen and oxygen atoms in total. The second-order valence-electron chi connectivity index (χ2n) is 24.8. The molecule has 0 aliphatic carbocycles. The Balaban J connectivity index is 0.000000319. The fourth-order valence-corrected chi connectivity index (χ4v) is 12.9. The second-order valence-corrected chi connectivity index (χ2v) is 43.2. The molecule has 2 saturated heterocycles. The summed E-state index contributed by atoms with van der Waals surface area (Å²) >= 11 is 15.9. The molecule has 0 spiro atoms. The van der Waals surface area contributed by atoms with E-state index in [4.69, 9.17) is 52.1 Å². The molecular weight excluding hydrogens is 1150 g/mol. The molecule has 3 amide bonds. The monoisotopic (exact) mass is 1220 g/mol. The van der Waals surface area contributed by atoms with Crippen LogP contribution in [0.2, 0.25) is 87.1 Å². The average Bonchev–Trinajstić information content (AvgIpc) is 3.92. The van der Waals surface area contributed by atoms with Crippen LogP contribution in [-0.4, -0.2) is 114 Å². The van der Waals surface area contributed by atoms with Crippen LogP contribution in [0.15, 0.2) is 41.1 Å². The number of nitrogens with zero attached hydrogens (tertiary/aromatic N) is 6. The summed E-state index contributed by atoms with van der Waals surface area (Å²) in [5.74, 6) is -9.40. The predicted molar refractivity (Wildman–Crippen MR) is 304 cm³/mol. The summed E-state index contributed by atoms with van der Waals surface area (Å²) in [4.78, 5) is 51.9. The Morgan fingerprint density at radius 1 is 0.737 bits per heavy atom. The number of hydrogen-bond donors (Lipinski definition) is 1. The Morgan fingerprint density at radius 2 is 1.21 bits per heavy atom. The predicted octanol–water partition coefficient (Wildman–Crippen LogP) is 13.7. The number of aromatic nitrogens is 3. The zero-order valence-electron chi connectivity index (χ0n) is 45.6. The van der Waals surface area contributed by atoms with Gasteiger partial charge in [-0.2, -0.15) is 17.6 Å². The normalized spacial score (nSPS) is 20.0. The van der Waals surface area contributed by atoms with E-state index in [2.05, 4.69) is 85.1 Å². The van der Waals surface area contributed by atoms with Crippen LogP contribution < -0.4 is 20.0 Å². The van der Waals surface area contributed by atoms with Crippen molar-refractivity contribution in [2.75, 3.05) is 48.0 Å². The van der Waals surface area contributed by atoms with Crippen molar-refractivity contribution in [1.29, 1.82) is 0 Å². The molecular formula is C52H72BrCl2F4N7O7Si3. The number of nitrogens with one attached hydrogen (secondary N) is 1. The van der Waals surface area contributed by atoms with Gasteiger partial charge < -0.3 is 33.7 Å². The number of anilines is 3. The maximum Gasteiger partial charge on any atom is 0.407 e. The van der Waals surface area contributed by atoms with Gasteiger partial charge >= 0.3 is 29.8 Å². The number of amides is 3. The van der Waals surface area contributed by atoms with Crippen molar-refractivity contribution >= 4 is 110 Å². The molecule has 2 aromatic carbocycles. The highest BCUT2D eigenvalue weighted by molar-refractivity contribution is 9.10. The lowest BCUT2D eigenvalue weighted by Gasteiger charge is -2.39. The highest BCUT2D eigenvalue weighted by Gasteiger charge is 2.56. The molecule has 0 saturated carbocycles. The molecule has 76 heavy (non-hydrogen) atoms. The van der Waals surface area contributed by atoms with Gasteiger partial charge in [0, 0.05) is 84.0 Å². The summed E-state index contributed by atoms with van der Waals surface area (Å²) < 4.78 is 84.9.